The minimum Gasteiger partial charge on any atom is -0.366 e. The molecule has 0 saturated carbocycles. The van der Waals surface area contributed by atoms with Gasteiger partial charge < -0.3 is 9.80 Å². The van der Waals surface area contributed by atoms with Crippen molar-refractivity contribution in [1.29, 1.82) is 10.5 Å². The van der Waals surface area contributed by atoms with Gasteiger partial charge in [-0.2, -0.15) is 10.5 Å². The predicted octanol–water partition coefficient (Wildman–Crippen LogP) is 1.09. The van der Waals surface area contributed by atoms with Gasteiger partial charge in [-0.05, 0) is 31.2 Å². The Balaban J connectivity index is 2.19. The van der Waals surface area contributed by atoms with Gasteiger partial charge >= 0.3 is 0 Å². The third-order valence-electron chi connectivity index (χ3n) is 4.56. The molecule has 126 valence electrons. The molecular weight excluding hydrogens is 306 g/mol. The number of nitrogens with zero attached hydrogens (tertiary/aromatic N) is 4. The maximum Gasteiger partial charge on any atom is 0.293 e. The van der Waals surface area contributed by atoms with Crippen LogP contribution in [-0.4, -0.2) is 38.7 Å². The van der Waals surface area contributed by atoms with Crippen LogP contribution < -0.4 is 9.80 Å². The van der Waals surface area contributed by atoms with Gasteiger partial charge in [0.2, 0.25) is 0 Å². The van der Waals surface area contributed by atoms with Gasteiger partial charge in [0.25, 0.3) is 5.69 Å². The van der Waals surface area contributed by atoms with Crippen molar-refractivity contribution in [3.05, 3.63) is 33.4 Å². The summed E-state index contributed by atoms with van der Waals surface area (Å²) in [6.45, 7) is 2.61. The van der Waals surface area contributed by atoms with Crippen molar-refractivity contribution >= 4 is 11.4 Å². The number of rotatable bonds is 5. The minimum absolute atomic E-state index is 0.0526. The summed E-state index contributed by atoms with van der Waals surface area (Å²) in [5.41, 5.74) is 0.599. The molecule has 0 aliphatic carbocycles. The van der Waals surface area contributed by atoms with E-state index in [1.54, 1.807) is 0 Å². The lowest BCUT2D eigenvalue weighted by Crippen LogP contribution is -3.05. The van der Waals surface area contributed by atoms with Crippen molar-refractivity contribution in [3.8, 4) is 12.1 Å². The number of hydrogen-bond donors (Lipinski definition) is 1. The fourth-order valence-electron chi connectivity index (χ4n) is 3.12. The van der Waals surface area contributed by atoms with Crippen molar-refractivity contribution in [3.63, 3.8) is 0 Å². The van der Waals surface area contributed by atoms with Crippen molar-refractivity contribution in [2.24, 2.45) is 5.92 Å². The summed E-state index contributed by atoms with van der Waals surface area (Å²) in [7, 11) is 4.28. The normalized spacial score (nSPS) is 15.1. The molecule has 0 spiro atoms. The first-order chi connectivity index (χ1) is 11.5. The number of nitrogens with one attached hydrogen (secondary N) is 1. The molecule has 1 aromatic carbocycles. The molecule has 1 N–H and O–H groups in total. The maximum atomic E-state index is 11.4. The molecule has 0 radical (unpaired) electrons. The van der Waals surface area contributed by atoms with Crippen LogP contribution in [0.4, 0.5) is 11.4 Å². The van der Waals surface area contributed by atoms with E-state index in [9.17, 15) is 15.4 Å². The van der Waals surface area contributed by atoms with Crippen molar-refractivity contribution in [2.45, 2.75) is 19.3 Å². The van der Waals surface area contributed by atoms with Gasteiger partial charge in [-0.1, -0.05) is 0 Å². The van der Waals surface area contributed by atoms with Crippen LogP contribution in [0.3, 0.4) is 0 Å². The van der Waals surface area contributed by atoms with Crippen LogP contribution in [0, 0.1) is 38.7 Å². The summed E-state index contributed by atoms with van der Waals surface area (Å²) < 4.78 is 0. The van der Waals surface area contributed by atoms with Crippen LogP contribution >= 0.6 is 0 Å². The Morgan fingerprint density at radius 2 is 1.83 bits per heavy atom. The monoisotopic (exact) mass is 328 g/mol. The molecule has 24 heavy (non-hydrogen) atoms. The molecule has 0 unspecified atom stereocenters. The van der Waals surface area contributed by atoms with Gasteiger partial charge in [-0.15, -0.1) is 0 Å². The molecular formula is C17H22N5O2+. The standard InChI is InChI=1S/C17H21N5O2/c1-20(2)6-3-13-4-7-21(8-5-13)16-9-14(11-18)15(12-19)10-17(16)22(23)24/h9-10,13H,3-8H2,1-2H3/p+1. The summed E-state index contributed by atoms with van der Waals surface area (Å²) in [4.78, 5) is 14.3. The first-order valence-electron chi connectivity index (χ1n) is 8.13. The lowest BCUT2D eigenvalue weighted by atomic mass is 9.92. The van der Waals surface area contributed by atoms with Gasteiger partial charge in [-0.25, -0.2) is 0 Å². The molecule has 0 bridgehead atoms. The Morgan fingerprint density at radius 3 is 2.33 bits per heavy atom. The topological polar surface area (TPSA) is 98.4 Å². The summed E-state index contributed by atoms with van der Waals surface area (Å²) in [5, 5.41) is 29.6. The fourth-order valence-corrected chi connectivity index (χ4v) is 3.12. The predicted molar refractivity (Wildman–Crippen MR) is 89.8 cm³/mol. The molecule has 1 aromatic rings. The van der Waals surface area contributed by atoms with E-state index in [2.05, 4.69) is 14.1 Å². The quantitative estimate of drug-likeness (QED) is 0.644. The number of quaternary nitrogens is 1. The molecule has 1 saturated heterocycles. The van der Waals surface area contributed by atoms with Crippen LogP contribution in [0.25, 0.3) is 0 Å². The summed E-state index contributed by atoms with van der Waals surface area (Å²) >= 11 is 0. The number of anilines is 1. The third-order valence-corrected chi connectivity index (χ3v) is 4.56. The lowest BCUT2D eigenvalue weighted by molar-refractivity contribution is -0.858. The van der Waals surface area contributed by atoms with E-state index < -0.39 is 4.92 Å². The largest absolute Gasteiger partial charge is 0.366 e. The van der Waals surface area contributed by atoms with Crippen LogP contribution in [0.1, 0.15) is 30.4 Å². The van der Waals surface area contributed by atoms with E-state index in [0.717, 1.165) is 38.9 Å². The van der Waals surface area contributed by atoms with E-state index in [-0.39, 0.29) is 16.8 Å². The van der Waals surface area contributed by atoms with Crippen LogP contribution in [0.5, 0.6) is 0 Å². The molecule has 2 rings (SSSR count). The molecule has 7 nitrogen and oxygen atoms in total. The first-order valence-corrected chi connectivity index (χ1v) is 8.13. The second-order valence-corrected chi connectivity index (χ2v) is 6.54. The van der Waals surface area contributed by atoms with Crippen LogP contribution in [0.15, 0.2) is 12.1 Å². The molecule has 1 heterocycles. The zero-order valence-corrected chi connectivity index (χ0v) is 14.1. The number of nitriles is 2. The SMILES string of the molecule is C[NH+](C)CCC1CCN(c2cc(C#N)c(C#N)cc2[N+](=O)[O-])CC1. The molecule has 1 aliphatic heterocycles. The van der Waals surface area contributed by atoms with Gasteiger partial charge in [0.1, 0.15) is 17.8 Å². The highest BCUT2D eigenvalue weighted by molar-refractivity contribution is 5.70. The van der Waals surface area contributed by atoms with E-state index in [1.165, 1.54) is 17.0 Å². The molecule has 0 aromatic heterocycles. The second-order valence-electron chi connectivity index (χ2n) is 6.54. The van der Waals surface area contributed by atoms with Crippen LogP contribution in [-0.2, 0) is 0 Å². The minimum atomic E-state index is -0.473. The Labute approximate surface area is 141 Å². The first kappa shape index (κ1) is 17.7. The smallest absolute Gasteiger partial charge is 0.293 e. The van der Waals surface area contributed by atoms with E-state index in [1.807, 2.05) is 17.0 Å². The van der Waals surface area contributed by atoms with E-state index >= 15 is 0 Å². The second kappa shape index (κ2) is 7.76. The molecule has 0 amide bonds. The van der Waals surface area contributed by atoms with Gasteiger partial charge in [0, 0.05) is 19.2 Å². The highest BCUT2D eigenvalue weighted by Crippen LogP contribution is 2.34. The Bertz CT molecular complexity index is 694. The Kier molecular flexibility index (Phi) is 5.73. The number of piperidine rings is 1. The summed E-state index contributed by atoms with van der Waals surface area (Å²) in [6, 6.07) is 6.52. The van der Waals surface area contributed by atoms with E-state index in [0.29, 0.717) is 11.6 Å². The Hall–Kier alpha value is -2.64. The van der Waals surface area contributed by atoms with Gasteiger partial charge in [0.15, 0.2) is 0 Å². The average Bonchev–Trinajstić information content (AvgIpc) is 2.59. The van der Waals surface area contributed by atoms with Crippen LogP contribution in [0.2, 0.25) is 0 Å². The Morgan fingerprint density at radius 1 is 1.25 bits per heavy atom. The summed E-state index contributed by atoms with van der Waals surface area (Å²) in [6.07, 6.45) is 3.15. The molecule has 7 heteroatoms. The molecule has 1 aliphatic rings. The molecule has 0 atom stereocenters. The maximum absolute atomic E-state index is 11.4. The lowest BCUT2D eigenvalue weighted by Gasteiger charge is -2.33. The fraction of sp³-hybridized carbons (Fsp3) is 0.529. The highest BCUT2D eigenvalue weighted by atomic mass is 16.6. The van der Waals surface area contributed by atoms with Crippen molar-refractivity contribution in [2.75, 3.05) is 38.6 Å². The third kappa shape index (κ3) is 4.01. The number of nitro groups is 1. The number of nitro benzene ring substituents is 1. The van der Waals surface area contributed by atoms with Gasteiger partial charge in [0.05, 0.1) is 36.7 Å². The van der Waals surface area contributed by atoms with E-state index in [4.69, 9.17) is 5.26 Å². The highest BCUT2D eigenvalue weighted by Gasteiger charge is 2.27. The number of benzene rings is 1. The van der Waals surface area contributed by atoms with Gasteiger partial charge in [-0.3, -0.25) is 10.1 Å². The van der Waals surface area contributed by atoms with Crippen molar-refractivity contribution in [1.82, 2.24) is 0 Å². The van der Waals surface area contributed by atoms with Crippen molar-refractivity contribution < 1.29 is 9.82 Å². The average molecular weight is 328 g/mol. The zero-order chi connectivity index (χ0) is 17.7. The summed E-state index contributed by atoms with van der Waals surface area (Å²) in [5.74, 6) is 0.643. The molecule has 1 fully saturated rings. The number of hydrogen-bond acceptors (Lipinski definition) is 5. The zero-order valence-electron chi connectivity index (χ0n) is 14.1.